The molecule has 2 aromatic carbocycles. The third-order valence-corrected chi connectivity index (χ3v) is 4.91. The molecule has 0 saturated carbocycles. The fourth-order valence-electron chi connectivity index (χ4n) is 2.46. The van der Waals surface area contributed by atoms with Crippen LogP contribution in [-0.2, 0) is 4.79 Å². The van der Waals surface area contributed by atoms with Crippen LogP contribution >= 0.6 is 23.4 Å². The number of para-hydroxylation sites is 1. The van der Waals surface area contributed by atoms with Gasteiger partial charge in [-0.2, -0.15) is 0 Å². The zero-order chi connectivity index (χ0) is 18.7. The molecular formula is C19H17ClN2O3S. The van der Waals surface area contributed by atoms with Crippen LogP contribution in [0.25, 0.3) is 6.08 Å². The van der Waals surface area contributed by atoms with Crippen LogP contribution in [0.5, 0.6) is 11.5 Å². The molecule has 1 saturated heterocycles. The van der Waals surface area contributed by atoms with Crippen LogP contribution in [0.15, 0.2) is 46.3 Å². The lowest BCUT2D eigenvalue weighted by Gasteiger charge is -2.10. The minimum absolute atomic E-state index is 0.210. The molecule has 7 heteroatoms. The Labute approximate surface area is 161 Å². The first-order chi connectivity index (χ1) is 12.5. The van der Waals surface area contributed by atoms with Gasteiger partial charge in [-0.1, -0.05) is 29.8 Å². The highest BCUT2D eigenvalue weighted by atomic mass is 35.5. The van der Waals surface area contributed by atoms with E-state index in [2.05, 4.69) is 10.3 Å². The Bertz CT molecular complexity index is 925. The second-order valence-electron chi connectivity index (χ2n) is 5.50. The molecule has 0 unspecified atom stereocenters. The van der Waals surface area contributed by atoms with Gasteiger partial charge in [0, 0.05) is 10.6 Å². The van der Waals surface area contributed by atoms with Crippen molar-refractivity contribution in [3.63, 3.8) is 0 Å². The summed E-state index contributed by atoms with van der Waals surface area (Å²) in [5, 5.41) is 3.88. The van der Waals surface area contributed by atoms with Gasteiger partial charge in [0.1, 0.15) is 0 Å². The summed E-state index contributed by atoms with van der Waals surface area (Å²) in [4.78, 5) is 17.3. The molecule has 0 aliphatic carbocycles. The predicted molar refractivity (Wildman–Crippen MR) is 107 cm³/mol. The number of methoxy groups -OCH3 is 2. The van der Waals surface area contributed by atoms with E-state index >= 15 is 0 Å². The minimum atomic E-state index is -0.210. The van der Waals surface area contributed by atoms with Crippen molar-refractivity contribution < 1.29 is 14.3 Å². The van der Waals surface area contributed by atoms with E-state index in [1.54, 1.807) is 38.5 Å². The number of nitrogens with one attached hydrogen (secondary N) is 1. The van der Waals surface area contributed by atoms with Crippen molar-refractivity contribution in [1.82, 2.24) is 5.32 Å². The van der Waals surface area contributed by atoms with Crippen molar-refractivity contribution in [3.8, 4) is 11.5 Å². The Balaban J connectivity index is 1.92. The van der Waals surface area contributed by atoms with E-state index in [4.69, 9.17) is 21.1 Å². The standard InChI is InChI=1S/C19H17ClN2O3S/c1-11-7-8-13(20)10-14(11)21-19-22-18(23)16(26-19)9-12-5-4-6-15(24-2)17(12)25-3/h4-10H,1-3H3,(H,21,22,23)/b16-9-. The number of carbonyl (C=O) groups is 1. The Kier molecular flexibility index (Phi) is 5.54. The monoisotopic (exact) mass is 388 g/mol. The number of ether oxygens (including phenoxy) is 2. The number of amidine groups is 1. The molecule has 1 heterocycles. The van der Waals surface area contributed by atoms with Gasteiger partial charge in [0.05, 0.1) is 24.8 Å². The number of thioether (sulfide) groups is 1. The second-order valence-corrected chi connectivity index (χ2v) is 6.96. The topological polar surface area (TPSA) is 59.9 Å². The number of benzene rings is 2. The van der Waals surface area contributed by atoms with E-state index in [9.17, 15) is 4.79 Å². The van der Waals surface area contributed by atoms with E-state index in [0.29, 0.717) is 26.6 Å². The second kappa shape index (κ2) is 7.85. The Hall–Kier alpha value is -2.44. The summed E-state index contributed by atoms with van der Waals surface area (Å²) >= 11 is 7.29. The van der Waals surface area contributed by atoms with Gasteiger partial charge < -0.3 is 14.8 Å². The quantitative estimate of drug-likeness (QED) is 0.780. The number of carbonyl (C=O) groups excluding carboxylic acids is 1. The molecule has 0 aromatic heterocycles. The zero-order valence-electron chi connectivity index (χ0n) is 14.5. The molecule has 3 rings (SSSR count). The van der Waals surface area contributed by atoms with Gasteiger partial charge in [-0.3, -0.25) is 4.79 Å². The van der Waals surface area contributed by atoms with Gasteiger partial charge in [0.2, 0.25) is 0 Å². The molecule has 0 radical (unpaired) electrons. The highest BCUT2D eigenvalue weighted by Crippen LogP contribution is 2.35. The number of halogens is 1. The Morgan fingerprint density at radius 1 is 1.19 bits per heavy atom. The van der Waals surface area contributed by atoms with Gasteiger partial charge in [0.15, 0.2) is 16.7 Å². The predicted octanol–water partition coefficient (Wildman–Crippen LogP) is 4.56. The van der Waals surface area contributed by atoms with Crippen LogP contribution in [0.3, 0.4) is 0 Å². The molecule has 1 aliphatic rings. The number of nitrogens with zero attached hydrogens (tertiary/aromatic N) is 1. The molecule has 134 valence electrons. The van der Waals surface area contributed by atoms with Gasteiger partial charge >= 0.3 is 0 Å². The van der Waals surface area contributed by atoms with Crippen LogP contribution in [0.4, 0.5) is 5.69 Å². The normalized spacial score (nSPS) is 16.8. The Morgan fingerprint density at radius 3 is 2.73 bits per heavy atom. The summed E-state index contributed by atoms with van der Waals surface area (Å²) in [6.07, 6.45) is 1.76. The lowest BCUT2D eigenvalue weighted by Crippen LogP contribution is -2.19. The molecule has 0 atom stereocenters. The number of aryl methyl sites for hydroxylation is 1. The molecule has 1 aliphatic heterocycles. The summed E-state index contributed by atoms with van der Waals surface area (Å²) < 4.78 is 10.7. The maximum absolute atomic E-state index is 12.3. The van der Waals surface area contributed by atoms with Gasteiger partial charge in [-0.05, 0) is 48.5 Å². The van der Waals surface area contributed by atoms with E-state index in [-0.39, 0.29) is 5.91 Å². The van der Waals surface area contributed by atoms with Crippen LogP contribution in [0.1, 0.15) is 11.1 Å². The molecular weight excluding hydrogens is 372 g/mol. The molecule has 0 spiro atoms. The summed E-state index contributed by atoms with van der Waals surface area (Å²) in [5.41, 5.74) is 2.45. The third-order valence-electron chi connectivity index (χ3n) is 3.76. The third kappa shape index (κ3) is 3.86. The molecule has 2 aromatic rings. The van der Waals surface area contributed by atoms with Gasteiger partial charge in [-0.15, -0.1) is 0 Å². The first-order valence-corrected chi connectivity index (χ1v) is 8.98. The number of rotatable bonds is 4. The van der Waals surface area contributed by atoms with Gasteiger partial charge in [0.25, 0.3) is 5.91 Å². The number of aliphatic imine (C=N–C) groups is 1. The maximum Gasteiger partial charge on any atom is 0.264 e. The summed E-state index contributed by atoms with van der Waals surface area (Å²) in [6, 6.07) is 11.0. The zero-order valence-corrected chi connectivity index (χ0v) is 16.1. The van der Waals surface area contributed by atoms with E-state index in [1.807, 2.05) is 25.1 Å². The lowest BCUT2D eigenvalue weighted by atomic mass is 10.1. The van der Waals surface area contributed by atoms with Crippen LogP contribution in [0.2, 0.25) is 5.02 Å². The Morgan fingerprint density at radius 2 is 2.00 bits per heavy atom. The number of hydrogen-bond acceptors (Lipinski definition) is 5. The SMILES string of the molecule is COc1cccc(/C=C2\SC(=Nc3cc(Cl)ccc3C)NC2=O)c1OC. The van der Waals surface area contributed by atoms with Crippen molar-refractivity contribution in [2.75, 3.05) is 14.2 Å². The first kappa shape index (κ1) is 18.4. The van der Waals surface area contributed by atoms with Crippen LogP contribution in [0, 0.1) is 6.92 Å². The molecule has 0 bridgehead atoms. The summed E-state index contributed by atoms with van der Waals surface area (Å²) in [7, 11) is 3.14. The molecule has 1 N–H and O–H groups in total. The highest BCUT2D eigenvalue weighted by molar-refractivity contribution is 8.18. The fourth-order valence-corrected chi connectivity index (χ4v) is 3.45. The summed E-state index contributed by atoms with van der Waals surface area (Å²) in [6.45, 7) is 1.94. The van der Waals surface area contributed by atoms with Crippen molar-refractivity contribution in [3.05, 3.63) is 57.5 Å². The van der Waals surface area contributed by atoms with E-state index in [0.717, 1.165) is 16.8 Å². The number of amides is 1. The maximum atomic E-state index is 12.3. The molecule has 1 amide bonds. The average Bonchev–Trinajstić information content (AvgIpc) is 2.97. The van der Waals surface area contributed by atoms with Crippen molar-refractivity contribution in [2.45, 2.75) is 6.92 Å². The average molecular weight is 389 g/mol. The van der Waals surface area contributed by atoms with Crippen LogP contribution in [-0.4, -0.2) is 25.3 Å². The minimum Gasteiger partial charge on any atom is -0.493 e. The molecule has 5 nitrogen and oxygen atoms in total. The van der Waals surface area contributed by atoms with Gasteiger partial charge in [-0.25, -0.2) is 4.99 Å². The molecule has 1 fully saturated rings. The smallest absolute Gasteiger partial charge is 0.264 e. The van der Waals surface area contributed by atoms with E-state index in [1.165, 1.54) is 11.8 Å². The number of hydrogen-bond donors (Lipinski definition) is 1. The first-order valence-electron chi connectivity index (χ1n) is 7.78. The van der Waals surface area contributed by atoms with E-state index < -0.39 is 0 Å². The summed E-state index contributed by atoms with van der Waals surface area (Å²) in [5.74, 6) is 0.971. The van der Waals surface area contributed by atoms with Crippen molar-refractivity contribution in [1.29, 1.82) is 0 Å². The fraction of sp³-hybridized carbons (Fsp3) is 0.158. The molecule has 26 heavy (non-hydrogen) atoms. The lowest BCUT2D eigenvalue weighted by molar-refractivity contribution is -0.115. The van der Waals surface area contributed by atoms with Crippen LogP contribution < -0.4 is 14.8 Å². The van der Waals surface area contributed by atoms with Crippen molar-refractivity contribution in [2.24, 2.45) is 4.99 Å². The largest absolute Gasteiger partial charge is 0.493 e. The highest BCUT2D eigenvalue weighted by Gasteiger charge is 2.24. The van der Waals surface area contributed by atoms with Crippen molar-refractivity contribution >= 4 is 46.2 Å².